The molecule has 1 amide bonds. The second kappa shape index (κ2) is 13.4. The van der Waals surface area contributed by atoms with Crippen molar-refractivity contribution in [2.24, 2.45) is 5.10 Å². The van der Waals surface area contributed by atoms with Gasteiger partial charge in [-0.05, 0) is 56.3 Å². The molecule has 0 bridgehead atoms. The van der Waals surface area contributed by atoms with Gasteiger partial charge in [0.15, 0.2) is 4.90 Å². The second-order valence-corrected chi connectivity index (χ2v) is 12.0. The molecule has 0 radical (unpaired) electrons. The predicted molar refractivity (Wildman–Crippen MR) is 168 cm³/mol. The summed E-state index contributed by atoms with van der Waals surface area (Å²) < 4.78 is 40.9. The van der Waals surface area contributed by atoms with Crippen LogP contribution in [0.5, 0.6) is 11.5 Å². The van der Waals surface area contributed by atoms with Gasteiger partial charge in [0.1, 0.15) is 18.0 Å². The number of hydrogen-bond acceptors (Lipinski definition) is 8. The van der Waals surface area contributed by atoms with E-state index >= 15 is 0 Å². The van der Waals surface area contributed by atoms with Crippen LogP contribution in [-0.2, 0) is 14.8 Å². The van der Waals surface area contributed by atoms with Crippen LogP contribution in [0.1, 0.15) is 17.0 Å². The Morgan fingerprint density at radius 3 is 2.48 bits per heavy atom. The van der Waals surface area contributed by atoms with Crippen molar-refractivity contribution in [1.82, 2.24) is 9.99 Å². The molecular weight excluding hydrogens is 633 g/mol. The van der Waals surface area contributed by atoms with E-state index in [2.05, 4.69) is 10.5 Å². The fraction of sp³-hybridized carbons (Fsp3) is 0.172. The molecule has 44 heavy (non-hydrogen) atoms. The number of methoxy groups -OCH3 is 2. The van der Waals surface area contributed by atoms with Crippen LogP contribution in [0.2, 0.25) is 10.0 Å². The van der Waals surface area contributed by atoms with Gasteiger partial charge in [0.25, 0.3) is 21.6 Å². The first-order chi connectivity index (χ1) is 20.9. The number of halogens is 2. The fourth-order valence-corrected chi connectivity index (χ4v) is 6.48. The Kier molecular flexibility index (Phi) is 9.82. The zero-order chi connectivity index (χ0) is 32.2. The maximum atomic E-state index is 13.9. The van der Waals surface area contributed by atoms with Crippen molar-refractivity contribution < 1.29 is 27.6 Å². The van der Waals surface area contributed by atoms with E-state index in [1.165, 1.54) is 50.8 Å². The average molecular weight is 661 g/mol. The monoisotopic (exact) mass is 659 g/mol. The summed E-state index contributed by atoms with van der Waals surface area (Å²) in [6, 6.07) is 16.0. The maximum absolute atomic E-state index is 13.9. The number of nitro groups is 1. The number of carbonyl (C=O) groups excluding carboxylic acids is 1. The van der Waals surface area contributed by atoms with E-state index in [9.17, 15) is 23.3 Å². The third-order valence-electron chi connectivity index (χ3n) is 6.59. The minimum atomic E-state index is -4.67. The van der Waals surface area contributed by atoms with Gasteiger partial charge >= 0.3 is 0 Å². The van der Waals surface area contributed by atoms with Crippen LogP contribution in [-0.4, -0.2) is 50.8 Å². The molecule has 0 unspecified atom stereocenters. The fourth-order valence-electron chi connectivity index (χ4n) is 4.52. The summed E-state index contributed by atoms with van der Waals surface area (Å²) >= 11 is 12.6. The number of rotatable bonds is 11. The molecule has 0 aliphatic heterocycles. The van der Waals surface area contributed by atoms with Crippen LogP contribution in [0.3, 0.4) is 0 Å². The van der Waals surface area contributed by atoms with Crippen molar-refractivity contribution in [1.29, 1.82) is 0 Å². The zero-order valence-corrected chi connectivity index (χ0v) is 26.3. The Hall–Kier alpha value is -4.59. The van der Waals surface area contributed by atoms with Crippen molar-refractivity contribution in [3.05, 3.63) is 104 Å². The Bertz CT molecular complexity index is 1880. The first kappa shape index (κ1) is 32.3. The van der Waals surface area contributed by atoms with Crippen LogP contribution in [0.15, 0.2) is 76.7 Å². The predicted octanol–water partition coefficient (Wildman–Crippen LogP) is 5.67. The quantitative estimate of drug-likeness (QED) is 0.124. The van der Waals surface area contributed by atoms with E-state index in [4.69, 9.17) is 32.7 Å². The summed E-state index contributed by atoms with van der Waals surface area (Å²) in [7, 11) is -1.94. The molecule has 4 rings (SSSR count). The van der Waals surface area contributed by atoms with Crippen molar-refractivity contribution in [2.75, 3.05) is 25.1 Å². The smallest absolute Gasteiger partial charge is 0.289 e. The molecule has 0 spiro atoms. The van der Waals surface area contributed by atoms with Gasteiger partial charge in [-0.2, -0.15) is 5.10 Å². The second-order valence-electron chi connectivity index (χ2n) is 9.33. The number of aryl methyl sites for hydroxylation is 1. The van der Waals surface area contributed by atoms with Crippen LogP contribution in [0, 0.1) is 24.0 Å². The number of hydrazone groups is 1. The summed E-state index contributed by atoms with van der Waals surface area (Å²) in [5.41, 5.74) is 4.54. The van der Waals surface area contributed by atoms with Gasteiger partial charge in [0.05, 0.1) is 41.8 Å². The van der Waals surface area contributed by atoms with E-state index < -0.39 is 38.0 Å². The molecular formula is C29H27Cl2N5O7S. The van der Waals surface area contributed by atoms with Gasteiger partial charge in [-0.15, -0.1) is 0 Å². The van der Waals surface area contributed by atoms with Crippen LogP contribution in [0.4, 0.5) is 11.4 Å². The first-order valence-corrected chi connectivity index (χ1v) is 15.0. The number of anilines is 1. The number of nitro benzene ring substituents is 1. The number of amides is 1. The lowest BCUT2D eigenvalue weighted by molar-refractivity contribution is -0.387. The number of aromatic nitrogens is 1. The summed E-state index contributed by atoms with van der Waals surface area (Å²) in [6.45, 7) is 2.92. The molecule has 0 atom stereocenters. The normalized spacial score (nSPS) is 11.4. The minimum absolute atomic E-state index is 0.0486. The van der Waals surface area contributed by atoms with Gasteiger partial charge in [0.2, 0.25) is 0 Å². The molecule has 12 nitrogen and oxygen atoms in total. The average Bonchev–Trinajstić information content (AvgIpc) is 3.28. The number of para-hydroxylation sites is 1. The summed E-state index contributed by atoms with van der Waals surface area (Å²) in [5, 5.41) is 16.7. The van der Waals surface area contributed by atoms with E-state index in [0.717, 1.165) is 23.5 Å². The molecule has 1 heterocycles. The number of nitrogens with one attached hydrogen (secondary N) is 1. The third-order valence-corrected chi connectivity index (χ3v) is 8.95. The number of nitrogens with zero attached hydrogens (tertiary/aromatic N) is 4. The van der Waals surface area contributed by atoms with Gasteiger partial charge in [-0.25, -0.2) is 13.8 Å². The topological polar surface area (TPSA) is 145 Å². The van der Waals surface area contributed by atoms with E-state index in [1.807, 2.05) is 24.5 Å². The summed E-state index contributed by atoms with van der Waals surface area (Å²) in [5.74, 6) is -0.415. The lowest BCUT2D eigenvalue weighted by Gasteiger charge is -2.25. The summed E-state index contributed by atoms with van der Waals surface area (Å²) in [4.78, 5) is 23.4. The van der Waals surface area contributed by atoms with E-state index in [-0.39, 0.29) is 11.4 Å². The first-order valence-electron chi connectivity index (χ1n) is 12.8. The highest BCUT2D eigenvalue weighted by Crippen LogP contribution is 2.37. The number of sulfonamides is 1. The number of ether oxygens (including phenoxy) is 2. The van der Waals surface area contributed by atoms with Gasteiger partial charge in [-0.1, -0.05) is 35.3 Å². The van der Waals surface area contributed by atoms with Crippen molar-refractivity contribution in [2.45, 2.75) is 18.7 Å². The van der Waals surface area contributed by atoms with Crippen molar-refractivity contribution >= 4 is 56.7 Å². The molecule has 0 fully saturated rings. The SMILES string of the molecule is COc1ccc(N(CC(=O)N/N=C/c2cc(C)n(-c3cc(Cl)ccc3Cl)c2C)S(=O)(=O)c2ccccc2[N+](=O)[O-])c(OC)c1. The Morgan fingerprint density at radius 2 is 1.80 bits per heavy atom. The van der Waals surface area contributed by atoms with Gasteiger partial charge < -0.3 is 14.0 Å². The Balaban J connectivity index is 1.67. The van der Waals surface area contributed by atoms with E-state index in [1.54, 1.807) is 18.2 Å². The highest BCUT2D eigenvalue weighted by Gasteiger charge is 2.34. The molecule has 0 saturated carbocycles. The van der Waals surface area contributed by atoms with Crippen LogP contribution >= 0.6 is 23.2 Å². The molecule has 0 aliphatic carbocycles. The van der Waals surface area contributed by atoms with Crippen LogP contribution in [0.25, 0.3) is 5.69 Å². The van der Waals surface area contributed by atoms with Gasteiger partial charge in [-0.3, -0.25) is 19.2 Å². The van der Waals surface area contributed by atoms with E-state index in [0.29, 0.717) is 31.4 Å². The highest BCUT2D eigenvalue weighted by atomic mass is 35.5. The number of carbonyl (C=O) groups is 1. The number of benzene rings is 3. The summed E-state index contributed by atoms with van der Waals surface area (Å²) in [6.07, 6.45) is 1.41. The molecule has 4 aromatic rings. The largest absolute Gasteiger partial charge is 0.497 e. The Morgan fingerprint density at radius 1 is 1.07 bits per heavy atom. The lowest BCUT2D eigenvalue weighted by atomic mass is 10.2. The highest BCUT2D eigenvalue weighted by molar-refractivity contribution is 7.93. The molecule has 1 aromatic heterocycles. The van der Waals surface area contributed by atoms with Gasteiger partial charge in [0, 0.05) is 34.1 Å². The molecule has 1 N–H and O–H groups in total. The Labute approximate surface area is 263 Å². The van der Waals surface area contributed by atoms with Crippen LogP contribution < -0.4 is 19.2 Å². The standard InChI is InChI=1S/C29H27Cl2N5O7S/c1-18-13-20(19(2)35(18)26-14-21(30)9-11-23(26)31)16-32-33-29(37)17-34(24-12-10-22(42-3)15-27(24)43-4)44(40,41)28-8-6-5-7-25(28)36(38)39/h5-16H,17H2,1-4H3,(H,33,37)/b32-16+. The maximum Gasteiger partial charge on any atom is 0.289 e. The lowest BCUT2D eigenvalue weighted by Crippen LogP contribution is -2.40. The van der Waals surface area contributed by atoms with Crippen molar-refractivity contribution in [3.63, 3.8) is 0 Å². The molecule has 0 aliphatic rings. The van der Waals surface area contributed by atoms with Crippen molar-refractivity contribution in [3.8, 4) is 17.2 Å². The molecule has 15 heteroatoms. The molecule has 230 valence electrons. The molecule has 3 aromatic carbocycles. The molecule has 0 saturated heterocycles. The zero-order valence-electron chi connectivity index (χ0n) is 23.9. The minimum Gasteiger partial charge on any atom is -0.497 e. The number of hydrogen-bond donors (Lipinski definition) is 1. The third kappa shape index (κ3) is 6.64.